The van der Waals surface area contributed by atoms with Gasteiger partial charge in [-0.15, -0.1) is 16.4 Å². The molecule has 0 atom stereocenters. The number of halogens is 1. The summed E-state index contributed by atoms with van der Waals surface area (Å²) in [7, 11) is 0. The molecule has 8 heteroatoms. The van der Waals surface area contributed by atoms with Crippen LogP contribution >= 0.6 is 27.3 Å². The van der Waals surface area contributed by atoms with Gasteiger partial charge in [0.25, 0.3) is 0 Å². The highest BCUT2D eigenvalue weighted by Crippen LogP contribution is 2.21. The van der Waals surface area contributed by atoms with E-state index in [0.717, 1.165) is 9.35 Å². The Hall–Kier alpha value is -1.25. The van der Waals surface area contributed by atoms with Crippen LogP contribution in [0.5, 0.6) is 0 Å². The molecule has 0 aliphatic rings. The number of hydrogen-bond donors (Lipinski definition) is 2. The molecule has 0 radical (unpaired) electrons. The average Bonchev–Trinajstić information content (AvgIpc) is 2.88. The molecule has 0 saturated heterocycles. The van der Waals surface area contributed by atoms with E-state index in [4.69, 9.17) is 10.8 Å². The molecule has 0 spiro atoms. The van der Waals surface area contributed by atoms with Crippen LogP contribution in [0.4, 0.5) is 0 Å². The molecule has 6 nitrogen and oxygen atoms in total. The third-order valence-electron chi connectivity index (χ3n) is 2.38. The minimum Gasteiger partial charge on any atom is -0.476 e. The fourth-order valence-corrected chi connectivity index (χ4v) is 2.81. The van der Waals surface area contributed by atoms with Crippen molar-refractivity contribution in [3.05, 3.63) is 32.2 Å². The molecule has 3 N–H and O–H groups in total. The highest BCUT2D eigenvalue weighted by molar-refractivity contribution is 9.11. The van der Waals surface area contributed by atoms with Gasteiger partial charge in [-0.1, -0.05) is 5.21 Å². The van der Waals surface area contributed by atoms with Gasteiger partial charge < -0.3 is 10.8 Å². The largest absolute Gasteiger partial charge is 0.476 e. The zero-order chi connectivity index (χ0) is 13.1. The Kier molecular flexibility index (Phi) is 4.10. The van der Waals surface area contributed by atoms with Crippen LogP contribution in [0.3, 0.4) is 0 Å². The first-order valence-electron chi connectivity index (χ1n) is 5.20. The summed E-state index contributed by atoms with van der Waals surface area (Å²) in [6, 6.07) is 1.97. The van der Waals surface area contributed by atoms with E-state index in [-0.39, 0.29) is 5.69 Å². The van der Waals surface area contributed by atoms with Crippen LogP contribution < -0.4 is 5.73 Å². The number of nitrogens with zero attached hydrogens (tertiary/aromatic N) is 3. The predicted octanol–water partition coefficient (Wildman–Crippen LogP) is 1.35. The normalized spacial score (nSPS) is 10.8. The van der Waals surface area contributed by atoms with E-state index in [1.165, 1.54) is 0 Å². The van der Waals surface area contributed by atoms with Crippen molar-refractivity contribution in [3.63, 3.8) is 0 Å². The van der Waals surface area contributed by atoms with E-state index in [2.05, 4.69) is 26.2 Å². The lowest BCUT2D eigenvalue weighted by Gasteiger charge is -2.04. The lowest BCUT2D eigenvalue weighted by Crippen LogP contribution is -2.13. The van der Waals surface area contributed by atoms with Crippen molar-refractivity contribution in [3.8, 4) is 0 Å². The second-order valence-electron chi connectivity index (χ2n) is 3.65. The second-order valence-corrected chi connectivity index (χ2v) is 5.94. The van der Waals surface area contributed by atoms with Crippen LogP contribution in [0.15, 0.2) is 15.2 Å². The molecule has 96 valence electrons. The quantitative estimate of drug-likeness (QED) is 0.862. The molecule has 0 saturated carbocycles. The smallest absolute Gasteiger partial charge is 0.358 e. The molecular formula is C10H11BrN4O2S. The van der Waals surface area contributed by atoms with Crippen molar-refractivity contribution in [2.75, 3.05) is 6.54 Å². The molecule has 0 unspecified atom stereocenters. The second kappa shape index (κ2) is 5.59. The molecule has 0 amide bonds. The maximum absolute atomic E-state index is 11.0. The Morgan fingerprint density at radius 1 is 1.61 bits per heavy atom. The Bertz CT molecular complexity index is 566. The van der Waals surface area contributed by atoms with Gasteiger partial charge in [-0.25, -0.2) is 9.48 Å². The zero-order valence-electron chi connectivity index (χ0n) is 9.34. The fourth-order valence-electron chi connectivity index (χ4n) is 1.61. The van der Waals surface area contributed by atoms with Crippen LogP contribution in [-0.2, 0) is 13.0 Å². The van der Waals surface area contributed by atoms with Crippen molar-refractivity contribution in [2.45, 2.75) is 13.0 Å². The SMILES string of the molecule is NCCc1c(C(=O)O)nnn1Cc1csc(Br)c1. The van der Waals surface area contributed by atoms with Gasteiger partial charge in [0.05, 0.1) is 16.0 Å². The van der Waals surface area contributed by atoms with Gasteiger partial charge in [-0.2, -0.15) is 0 Å². The maximum Gasteiger partial charge on any atom is 0.358 e. The van der Waals surface area contributed by atoms with Crippen molar-refractivity contribution < 1.29 is 9.90 Å². The third-order valence-corrected chi connectivity index (χ3v) is 3.93. The number of nitrogens with two attached hydrogens (primary N) is 1. The summed E-state index contributed by atoms with van der Waals surface area (Å²) in [6.45, 7) is 0.860. The van der Waals surface area contributed by atoms with Crippen molar-refractivity contribution in [1.29, 1.82) is 0 Å². The predicted molar refractivity (Wildman–Crippen MR) is 70.9 cm³/mol. The van der Waals surface area contributed by atoms with E-state index in [0.29, 0.717) is 25.2 Å². The number of aromatic nitrogens is 3. The monoisotopic (exact) mass is 330 g/mol. The van der Waals surface area contributed by atoms with E-state index >= 15 is 0 Å². The van der Waals surface area contributed by atoms with Crippen LogP contribution in [0, 0.1) is 0 Å². The van der Waals surface area contributed by atoms with Gasteiger partial charge in [0.1, 0.15) is 0 Å². The maximum atomic E-state index is 11.0. The molecule has 2 rings (SSSR count). The Labute approximate surface area is 116 Å². The first-order chi connectivity index (χ1) is 8.61. The Morgan fingerprint density at radius 3 is 2.94 bits per heavy atom. The van der Waals surface area contributed by atoms with Crippen molar-refractivity contribution >= 4 is 33.2 Å². The lowest BCUT2D eigenvalue weighted by molar-refractivity contribution is 0.0689. The van der Waals surface area contributed by atoms with E-state index < -0.39 is 5.97 Å². The molecule has 0 fully saturated rings. The standard InChI is InChI=1S/C10H11BrN4O2S/c11-8-3-6(5-18-8)4-15-7(1-2-12)9(10(16)17)13-14-15/h3,5H,1-2,4,12H2,(H,16,17). The molecular weight excluding hydrogens is 320 g/mol. The van der Waals surface area contributed by atoms with Crippen LogP contribution in [0.2, 0.25) is 0 Å². The van der Waals surface area contributed by atoms with Gasteiger partial charge in [0.2, 0.25) is 0 Å². The number of carboxylic acid groups (broad SMARTS) is 1. The summed E-state index contributed by atoms with van der Waals surface area (Å²) in [5.74, 6) is -1.07. The Balaban J connectivity index is 2.29. The van der Waals surface area contributed by atoms with E-state index in [1.54, 1.807) is 16.0 Å². The zero-order valence-corrected chi connectivity index (χ0v) is 11.7. The first-order valence-corrected chi connectivity index (χ1v) is 6.87. The molecule has 0 aliphatic carbocycles. The first kappa shape index (κ1) is 13.2. The minimum atomic E-state index is -1.07. The topological polar surface area (TPSA) is 94.0 Å². The average molecular weight is 331 g/mol. The lowest BCUT2D eigenvalue weighted by atomic mass is 10.2. The number of aromatic carboxylic acids is 1. The van der Waals surface area contributed by atoms with Crippen molar-refractivity contribution in [1.82, 2.24) is 15.0 Å². The van der Waals surface area contributed by atoms with Gasteiger partial charge >= 0.3 is 5.97 Å². The van der Waals surface area contributed by atoms with E-state index in [1.807, 2.05) is 11.4 Å². The van der Waals surface area contributed by atoms with Gasteiger partial charge in [-0.05, 0) is 39.5 Å². The highest BCUT2D eigenvalue weighted by atomic mass is 79.9. The summed E-state index contributed by atoms with van der Waals surface area (Å²) >= 11 is 4.95. The number of carbonyl (C=O) groups is 1. The summed E-state index contributed by atoms with van der Waals surface area (Å²) in [4.78, 5) is 11.0. The van der Waals surface area contributed by atoms with Crippen LogP contribution in [0.1, 0.15) is 21.7 Å². The highest BCUT2D eigenvalue weighted by Gasteiger charge is 2.18. The molecule has 0 bridgehead atoms. The number of hydrogen-bond acceptors (Lipinski definition) is 5. The molecule has 18 heavy (non-hydrogen) atoms. The molecule has 2 heterocycles. The number of rotatable bonds is 5. The van der Waals surface area contributed by atoms with Crippen LogP contribution in [-0.4, -0.2) is 32.6 Å². The summed E-state index contributed by atoms with van der Waals surface area (Å²) < 4.78 is 2.61. The number of thiophene rings is 1. The summed E-state index contributed by atoms with van der Waals surface area (Å²) in [5, 5.41) is 18.6. The minimum absolute atomic E-state index is 0.0188. The third kappa shape index (κ3) is 2.77. The van der Waals surface area contributed by atoms with Gasteiger partial charge in [0, 0.05) is 6.42 Å². The van der Waals surface area contributed by atoms with Crippen molar-refractivity contribution in [2.24, 2.45) is 5.73 Å². The fraction of sp³-hybridized carbons (Fsp3) is 0.300. The Morgan fingerprint density at radius 2 is 2.39 bits per heavy atom. The summed E-state index contributed by atoms with van der Waals surface area (Å²) in [5.41, 5.74) is 7.08. The van der Waals surface area contributed by atoms with Crippen LogP contribution in [0.25, 0.3) is 0 Å². The summed E-state index contributed by atoms with van der Waals surface area (Å²) in [6.07, 6.45) is 0.444. The van der Waals surface area contributed by atoms with Gasteiger partial charge in [0.15, 0.2) is 5.69 Å². The molecule has 2 aromatic heterocycles. The number of carboxylic acids is 1. The van der Waals surface area contributed by atoms with Gasteiger partial charge in [-0.3, -0.25) is 0 Å². The molecule has 0 aromatic carbocycles. The molecule has 2 aromatic rings. The molecule has 0 aliphatic heterocycles. The van der Waals surface area contributed by atoms with E-state index in [9.17, 15) is 4.79 Å².